The highest BCUT2D eigenvalue weighted by atomic mass is 35.5. The Balaban J connectivity index is 0.000000161. The quantitative estimate of drug-likeness (QED) is 0.132. The maximum atomic E-state index is 9.46. The van der Waals surface area contributed by atoms with Gasteiger partial charge in [-0.1, -0.05) is 270 Å². The predicted molar refractivity (Wildman–Crippen MR) is 371 cm³/mol. The van der Waals surface area contributed by atoms with Gasteiger partial charge >= 0.3 is 0 Å². The summed E-state index contributed by atoms with van der Waals surface area (Å²) in [6.45, 7) is 13.3. The predicted octanol–water partition coefficient (Wildman–Crippen LogP) is 24.7. The van der Waals surface area contributed by atoms with Crippen LogP contribution in [0.5, 0.6) is 17.2 Å². The van der Waals surface area contributed by atoms with Gasteiger partial charge in [0.05, 0.1) is 15.1 Å². The number of nitrogens with zero attached hydrogens (tertiary/aromatic N) is 2. The molecule has 0 saturated carbocycles. The molecule has 0 saturated heterocycles. The number of phenols is 1. The molecular formula is C80H69Cl3N2O2. The standard InChI is InChI=1S/C40H34ClNO.C24H17Cl2N.C16H18O/c1-40(2,3)32-25-23-29(24-26-32)30-13-11-20-36(28-30)43-38-22-12-21-37(39(38)41)31-14-10-19-35(27-31)42(33-15-6-4-7-16-33)34-17-8-5-9-18-34;25-23-16-8-15-22(24(23)26)18-9-7-14-21(17-18)27(19-10-3-1-4-11-19)20-12-5-2-6-13-20;1-16(2,3)14-9-7-12(8-10-14)13-5-4-6-15(17)11-13/h4-28H,1-3H3;1-17H;4-11,17H,1-3H3. The third-order valence-electron chi connectivity index (χ3n) is 14.9. The zero-order valence-corrected chi connectivity index (χ0v) is 52.0. The summed E-state index contributed by atoms with van der Waals surface area (Å²) >= 11 is 19.7. The fourth-order valence-electron chi connectivity index (χ4n) is 10.2. The number of anilines is 6. The smallest absolute Gasteiger partial charge is 0.146 e. The van der Waals surface area contributed by atoms with Crippen molar-refractivity contribution >= 4 is 68.9 Å². The van der Waals surface area contributed by atoms with Crippen molar-refractivity contribution in [2.24, 2.45) is 0 Å². The van der Waals surface area contributed by atoms with Crippen LogP contribution in [0.3, 0.4) is 0 Å². The monoisotopic (exact) mass is 1190 g/mol. The first-order valence-electron chi connectivity index (χ1n) is 29.1. The molecule has 0 unspecified atom stereocenters. The lowest BCUT2D eigenvalue weighted by atomic mass is 9.86. The number of benzene rings is 12. The Hall–Kier alpha value is -9.29. The van der Waals surface area contributed by atoms with E-state index in [1.807, 2.05) is 109 Å². The number of phenolic OH excluding ortho intramolecular Hbond substituents is 1. The van der Waals surface area contributed by atoms with Gasteiger partial charge in [0.15, 0.2) is 0 Å². The fraction of sp³-hybridized carbons (Fsp3) is 0.100. The molecule has 0 bridgehead atoms. The second kappa shape index (κ2) is 27.8. The average Bonchev–Trinajstić information content (AvgIpc) is 2.48. The van der Waals surface area contributed by atoms with Gasteiger partial charge in [0.25, 0.3) is 0 Å². The molecule has 0 fully saturated rings. The molecule has 0 aliphatic carbocycles. The molecule has 0 amide bonds. The van der Waals surface area contributed by atoms with Crippen molar-refractivity contribution in [3.05, 3.63) is 330 Å². The largest absolute Gasteiger partial charge is 0.508 e. The molecule has 12 rings (SSSR count). The van der Waals surface area contributed by atoms with Crippen molar-refractivity contribution < 1.29 is 9.84 Å². The van der Waals surface area contributed by atoms with E-state index in [0.717, 1.165) is 84.4 Å². The topological polar surface area (TPSA) is 35.9 Å². The Kier molecular flexibility index (Phi) is 19.5. The number of hydrogen-bond donors (Lipinski definition) is 1. The van der Waals surface area contributed by atoms with Crippen LogP contribution in [-0.2, 0) is 10.8 Å². The van der Waals surface area contributed by atoms with E-state index >= 15 is 0 Å². The van der Waals surface area contributed by atoms with E-state index in [-0.39, 0.29) is 10.8 Å². The minimum absolute atomic E-state index is 0.117. The highest BCUT2D eigenvalue weighted by molar-refractivity contribution is 6.43. The molecule has 12 aromatic carbocycles. The molecule has 1 N–H and O–H groups in total. The summed E-state index contributed by atoms with van der Waals surface area (Å²) in [4.78, 5) is 4.47. The molecular weight excluding hydrogens is 1130 g/mol. The molecule has 0 atom stereocenters. The van der Waals surface area contributed by atoms with Crippen LogP contribution in [0, 0.1) is 0 Å². The number of halogens is 3. The molecule has 87 heavy (non-hydrogen) atoms. The zero-order valence-electron chi connectivity index (χ0n) is 49.8. The summed E-state index contributed by atoms with van der Waals surface area (Å²) in [5, 5.41) is 11.2. The molecule has 7 heteroatoms. The van der Waals surface area contributed by atoms with E-state index in [4.69, 9.17) is 39.5 Å². The number of aromatic hydroxyl groups is 1. The normalized spacial score (nSPS) is 11.1. The minimum Gasteiger partial charge on any atom is -0.508 e. The van der Waals surface area contributed by atoms with E-state index in [1.165, 1.54) is 11.1 Å². The van der Waals surface area contributed by atoms with Crippen molar-refractivity contribution in [1.29, 1.82) is 0 Å². The first kappa shape index (κ1) is 60.8. The molecule has 0 aliphatic rings. The van der Waals surface area contributed by atoms with Crippen LogP contribution < -0.4 is 14.5 Å². The molecule has 0 heterocycles. The lowest BCUT2D eigenvalue weighted by Crippen LogP contribution is -2.10. The average molecular weight is 1200 g/mol. The van der Waals surface area contributed by atoms with Gasteiger partial charge in [-0.3, -0.25) is 0 Å². The van der Waals surface area contributed by atoms with Crippen LogP contribution in [0.25, 0.3) is 44.5 Å². The zero-order chi connectivity index (χ0) is 60.9. The summed E-state index contributed by atoms with van der Waals surface area (Å²) in [5.41, 5.74) is 17.7. The third kappa shape index (κ3) is 15.4. The summed E-state index contributed by atoms with van der Waals surface area (Å²) in [6, 6.07) is 103. The molecule has 12 aromatic rings. The lowest BCUT2D eigenvalue weighted by molar-refractivity contribution is 0.475. The van der Waals surface area contributed by atoms with Gasteiger partial charge in [0.2, 0.25) is 0 Å². The van der Waals surface area contributed by atoms with E-state index in [9.17, 15) is 5.11 Å². The number of rotatable bonds is 12. The van der Waals surface area contributed by atoms with Crippen molar-refractivity contribution in [2.45, 2.75) is 52.4 Å². The van der Waals surface area contributed by atoms with Crippen molar-refractivity contribution in [2.75, 3.05) is 9.80 Å². The number of ether oxygens (including phenoxy) is 1. The van der Waals surface area contributed by atoms with E-state index in [0.29, 0.717) is 26.6 Å². The Morgan fingerprint density at radius 3 is 1.08 bits per heavy atom. The second-order valence-corrected chi connectivity index (χ2v) is 24.3. The second-order valence-electron chi connectivity index (χ2n) is 23.2. The molecule has 0 aromatic heterocycles. The molecule has 432 valence electrons. The fourth-order valence-corrected chi connectivity index (χ4v) is 10.9. The minimum atomic E-state index is 0.117. The van der Waals surface area contributed by atoms with Crippen LogP contribution in [0.2, 0.25) is 15.1 Å². The van der Waals surface area contributed by atoms with Crippen LogP contribution in [0.4, 0.5) is 34.1 Å². The van der Waals surface area contributed by atoms with E-state index < -0.39 is 0 Å². The summed E-state index contributed by atoms with van der Waals surface area (Å²) in [5.74, 6) is 1.67. The number of hydrogen-bond acceptors (Lipinski definition) is 4. The van der Waals surface area contributed by atoms with Gasteiger partial charge in [-0.15, -0.1) is 0 Å². The van der Waals surface area contributed by atoms with Gasteiger partial charge in [0, 0.05) is 45.3 Å². The highest BCUT2D eigenvalue weighted by Gasteiger charge is 2.19. The van der Waals surface area contributed by atoms with Gasteiger partial charge in [0.1, 0.15) is 17.2 Å². The van der Waals surface area contributed by atoms with Gasteiger partial charge < -0.3 is 19.6 Å². The van der Waals surface area contributed by atoms with Crippen molar-refractivity contribution in [1.82, 2.24) is 0 Å². The van der Waals surface area contributed by atoms with E-state index in [2.05, 4.69) is 227 Å². The van der Waals surface area contributed by atoms with Crippen LogP contribution >= 0.6 is 34.8 Å². The SMILES string of the molecule is CC(C)(C)c1ccc(-c2cccc(O)c2)cc1.CC(C)(C)c1ccc(-c2cccc(Oc3cccc(-c4cccc(N(c5ccccc5)c5ccccc5)c4)c3Cl)c2)cc1.Clc1cccc(-c2cccc(N(c3ccccc3)c3ccccc3)c2)c1Cl. The van der Waals surface area contributed by atoms with Crippen LogP contribution in [0.1, 0.15) is 52.7 Å². The Bertz CT molecular complexity index is 4100. The first-order valence-corrected chi connectivity index (χ1v) is 30.2. The van der Waals surface area contributed by atoms with Crippen molar-refractivity contribution in [3.8, 4) is 61.8 Å². The molecule has 0 aliphatic heterocycles. The number of para-hydroxylation sites is 4. The molecule has 0 radical (unpaired) electrons. The Morgan fingerprint density at radius 2 is 0.655 bits per heavy atom. The Morgan fingerprint density at radius 1 is 0.299 bits per heavy atom. The highest BCUT2D eigenvalue weighted by Crippen LogP contribution is 2.43. The van der Waals surface area contributed by atoms with Gasteiger partial charge in [-0.2, -0.15) is 0 Å². The Labute approximate surface area is 528 Å². The first-order chi connectivity index (χ1) is 42.1. The third-order valence-corrected chi connectivity index (χ3v) is 16.1. The van der Waals surface area contributed by atoms with Gasteiger partial charge in [-0.25, -0.2) is 0 Å². The molecule has 4 nitrogen and oxygen atoms in total. The molecule has 0 spiro atoms. The van der Waals surface area contributed by atoms with Crippen LogP contribution in [0.15, 0.2) is 303 Å². The van der Waals surface area contributed by atoms with E-state index in [1.54, 1.807) is 18.2 Å². The van der Waals surface area contributed by atoms with Crippen molar-refractivity contribution in [3.63, 3.8) is 0 Å². The summed E-state index contributed by atoms with van der Waals surface area (Å²) in [7, 11) is 0. The van der Waals surface area contributed by atoms with Gasteiger partial charge in [-0.05, 0) is 165 Å². The summed E-state index contributed by atoms with van der Waals surface area (Å²) < 4.78 is 6.39. The summed E-state index contributed by atoms with van der Waals surface area (Å²) in [6.07, 6.45) is 0. The maximum absolute atomic E-state index is 9.46. The lowest BCUT2D eigenvalue weighted by Gasteiger charge is -2.26. The van der Waals surface area contributed by atoms with Crippen LogP contribution in [-0.4, -0.2) is 5.11 Å². The maximum Gasteiger partial charge on any atom is 0.146 e.